The largest absolute Gasteiger partial charge is 0.490 e. The first-order valence-corrected chi connectivity index (χ1v) is 4.12. The molecule has 0 aliphatic rings. The van der Waals surface area contributed by atoms with Gasteiger partial charge in [0.1, 0.15) is 5.69 Å². The van der Waals surface area contributed by atoms with Gasteiger partial charge < -0.3 is 9.84 Å². The monoisotopic (exact) mass is 234 g/mol. The van der Waals surface area contributed by atoms with Crippen LogP contribution >= 0.6 is 0 Å². The molecule has 1 rings (SSSR count). The number of nitro groups is 1. The number of aliphatic hydroxyl groups is 1. The van der Waals surface area contributed by atoms with Crippen molar-refractivity contribution in [1.29, 1.82) is 0 Å². The molecule has 0 amide bonds. The molecule has 0 aliphatic heterocycles. The second kappa shape index (κ2) is 4.79. The van der Waals surface area contributed by atoms with E-state index < -0.39 is 35.0 Å². The highest BCUT2D eigenvalue weighted by molar-refractivity contribution is 5.54. The molecular formula is C8H8F2N2O4. The third kappa shape index (κ3) is 2.06. The number of aromatic nitrogens is 1. The van der Waals surface area contributed by atoms with Crippen molar-refractivity contribution >= 4 is 5.69 Å². The number of hydrogen-bond donors (Lipinski definition) is 1. The molecule has 1 heterocycles. The van der Waals surface area contributed by atoms with Crippen LogP contribution in [0.4, 0.5) is 14.5 Å². The summed E-state index contributed by atoms with van der Waals surface area (Å²) in [6, 6.07) is 0. The van der Waals surface area contributed by atoms with Crippen molar-refractivity contribution in [2.24, 2.45) is 0 Å². The minimum Gasteiger partial charge on any atom is -0.490 e. The highest BCUT2D eigenvalue weighted by atomic mass is 19.3. The first-order chi connectivity index (χ1) is 7.52. The van der Waals surface area contributed by atoms with E-state index in [9.17, 15) is 18.9 Å². The molecule has 0 atom stereocenters. The summed E-state index contributed by atoms with van der Waals surface area (Å²) in [7, 11) is 1.04. The van der Waals surface area contributed by atoms with Crippen molar-refractivity contribution in [1.82, 2.24) is 4.98 Å². The lowest BCUT2D eigenvalue weighted by molar-refractivity contribution is -0.387. The molecule has 1 aromatic rings. The van der Waals surface area contributed by atoms with Gasteiger partial charge in [0, 0.05) is 6.20 Å². The molecule has 0 radical (unpaired) electrons. The Hall–Kier alpha value is -1.83. The molecule has 1 N–H and O–H groups in total. The summed E-state index contributed by atoms with van der Waals surface area (Å²) in [5.74, 6) is -0.570. The predicted molar refractivity (Wildman–Crippen MR) is 48.3 cm³/mol. The van der Waals surface area contributed by atoms with Gasteiger partial charge >= 0.3 is 5.69 Å². The van der Waals surface area contributed by atoms with E-state index in [2.05, 4.69) is 9.72 Å². The molecule has 0 bridgehead atoms. The molecule has 1 aromatic heterocycles. The van der Waals surface area contributed by atoms with Crippen LogP contribution in [0, 0.1) is 10.1 Å². The van der Waals surface area contributed by atoms with E-state index in [1.807, 2.05) is 0 Å². The third-order valence-corrected chi connectivity index (χ3v) is 1.88. The summed E-state index contributed by atoms with van der Waals surface area (Å²) in [5.41, 5.74) is -1.72. The van der Waals surface area contributed by atoms with E-state index in [-0.39, 0.29) is 5.69 Å². The number of methoxy groups -OCH3 is 1. The fraction of sp³-hybridized carbons (Fsp3) is 0.375. The van der Waals surface area contributed by atoms with Crippen LogP contribution in [0.5, 0.6) is 5.75 Å². The van der Waals surface area contributed by atoms with Gasteiger partial charge in [0.05, 0.1) is 24.2 Å². The van der Waals surface area contributed by atoms with Gasteiger partial charge in [0.15, 0.2) is 0 Å². The van der Waals surface area contributed by atoms with Crippen LogP contribution in [0.3, 0.4) is 0 Å². The van der Waals surface area contributed by atoms with Gasteiger partial charge in [-0.05, 0) is 0 Å². The standard InChI is InChI=1S/C8H8F2N2O4/c1-16-7-4(8(9)10)2-11-5(3-13)6(7)12(14)15/h2,8,13H,3H2,1H3. The van der Waals surface area contributed by atoms with Crippen molar-refractivity contribution in [3.63, 3.8) is 0 Å². The molecule has 0 aromatic carbocycles. The Morgan fingerprint density at radius 1 is 1.69 bits per heavy atom. The maximum absolute atomic E-state index is 12.5. The summed E-state index contributed by atoms with van der Waals surface area (Å²) in [6.07, 6.45) is -2.18. The lowest BCUT2D eigenvalue weighted by atomic mass is 10.2. The Labute approximate surface area is 88.6 Å². The van der Waals surface area contributed by atoms with E-state index in [1.54, 1.807) is 0 Å². The summed E-state index contributed by atoms with van der Waals surface area (Å²) in [4.78, 5) is 13.1. The number of pyridine rings is 1. The molecule has 0 spiro atoms. The van der Waals surface area contributed by atoms with Gasteiger partial charge in [-0.1, -0.05) is 0 Å². The zero-order chi connectivity index (χ0) is 12.3. The molecule has 0 aliphatic carbocycles. The van der Waals surface area contributed by atoms with E-state index >= 15 is 0 Å². The van der Waals surface area contributed by atoms with Gasteiger partial charge in [-0.2, -0.15) is 0 Å². The average molecular weight is 234 g/mol. The van der Waals surface area contributed by atoms with Gasteiger partial charge in [0.25, 0.3) is 6.43 Å². The van der Waals surface area contributed by atoms with E-state index in [1.165, 1.54) is 0 Å². The Bertz CT molecular complexity index is 411. The van der Waals surface area contributed by atoms with Crippen LogP contribution < -0.4 is 4.74 Å². The number of rotatable bonds is 4. The Morgan fingerprint density at radius 2 is 2.31 bits per heavy atom. The Balaban J connectivity index is 3.49. The fourth-order valence-corrected chi connectivity index (χ4v) is 1.21. The number of aliphatic hydroxyl groups excluding tert-OH is 1. The second-order valence-corrected chi connectivity index (χ2v) is 2.76. The van der Waals surface area contributed by atoms with Crippen LogP contribution in [-0.4, -0.2) is 22.1 Å². The Kier molecular flexibility index (Phi) is 3.67. The molecular weight excluding hydrogens is 226 g/mol. The van der Waals surface area contributed by atoms with Crippen molar-refractivity contribution in [2.75, 3.05) is 7.11 Å². The van der Waals surface area contributed by atoms with Gasteiger partial charge in [-0.3, -0.25) is 15.1 Å². The summed E-state index contributed by atoms with van der Waals surface area (Å²) in [6.45, 7) is -0.726. The molecule has 0 unspecified atom stereocenters. The van der Waals surface area contributed by atoms with Crippen LogP contribution in [-0.2, 0) is 6.61 Å². The van der Waals surface area contributed by atoms with E-state index in [0.717, 1.165) is 13.3 Å². The quantitative estimate of drug-likeness (QED) is 0.629. The summed E-state index contributed by atoms with van der Waals surface area (Å²) < 4.78 is 29.5. The van der Waals surface area contributed by atoms with Crippen LogP contribution in [0.1, 0.15) is 17.7 Å². The number of hydrogen-bond acceptors (Lipinski definition) is 5. The third-order valence-electron chi connectivity index (χ3n) is 1.88. The van der Waals surface area contributed by atoms with Gasteiger partial charge in [-0.25, -0.2) is 8.78 Å². The topological polar surface area (TPSA) is 85.5 Å². The highest BCUT2D eigenvalue weighted by Gasteiger charge is 2.28. The first-order valence-electron chi connectivity index (χ1n) is 4.12. The van der Waals surface area contributed by atoms with E-state index in [4.69, 9.17) is 5.11 Å². The van der Waals surface area contributed by atoms with Crippen molar-refractivity contribution < 1.29 is 23.5 Å². The lowest BCUT2D eigenvalue weighted by Crippen LogP contribution is -2.05. The highest BCUT2D eigenvalue weighted by Crippen LogP contribution is 2.37. The molecule has 6 nitrogen and oxygen atoms in total. The number of halogens is 2. The summed E-state index contributed by atoms with van der Waals surface area (Å²) in [5, 5.41) is 19.5. The van der Waals surface area contributed by atoms with Crippen LogP contribution in [0.2, 0.25) is 0 Å². The second-order valence-electron chi connectivity index (χ2n) is 2.76. The van der Waals surface area contributed by atoms with Gasteiger partial charge in [-0.15, -0.1) is 0 Å². The predicted octanol–water partition coefficient (Wildman–Crippen LogP) is 1.43. The number of nitrogens with zero attached hydrogens (tertiary/aromatic N) is 2. The molecule has 88 valence electrons. The molecule has 8 heteroatoms. The molecule has 16 heavy (non-hydrogen) atoms. The maximum Gasteiger partial charge on any atom is 0.335 e. The zero-order valence-corrected chi connectivity index (χ0v) is 8.18. The zero-order valence-electron chi connectivity index (χ0n) is 8.18. The van der Waals surface area contributed by atoms with Crippen LogP contribution in [0.25, 0.3) is 0 Å². The average Bonchev–Trinajstić information content (AvgIpc) is 2.26. The lowest BCUT2D eigenvalue weighted by Gasteiger charge is -2.09. The van der Waals surface area contributed by atoms with Crippen LogP contribution in [0.15, 0.2) is 6.20 Å². The summed E-state index contributed by atoms with van der Waals surface area (Å²) >= 11 is 0. The van der Waals surface area contributed by atoms with E-state index in [0.29, 0.717) is 0 Å². The van der Waals surface area contributed by atoms with Gasteiger partial charge in [0.2, 0.25) is 5.75 Å². The fourth-order valence-electron chi connectivity index (χ4n) is 1.21. The molecule has 0 saturated heterocycles. The maximum atomic E-state index is 12.5. The SMILES string of the molecule is COc1c(C(F)F)cnc(CO)c1[N+](=O)[O-]. The molecule has 0 saturated carbocycles. The van der Waals surface area contributed by atoms with Crippen molar-refractivity contribution in [3.8, 4) is 5.75 Å². The number of alkyl halides is 2. The minimum atomic E-state index is -2.94. The van der Waals surface area contributed by atoms with Crippen molar-refractivity contribution in [2.45, 2.75) is 13.0 Å². The Morgan fingerprint density at radius 3 is 2.69 bits per heavy atom. The first kappa shape index (κ1) is 12.2. The van der Waals surface area contributed by atoms with Crippen molar-refractivity contribution in [3.05, 3.63) is 27.6 Å². The smallest absolute Gasteiger partial charge is 0.335 e. The minimum absolute atomic E-state index is 0.314. The molecule has 0 fully saturated rings. The number of ether oxygens (including phenoxy) is 1. The normalized spacial score (nSPS) is 10.6.